The fourth-order valence-corrected chi connectivity index (χ4v) is 2.66. The van der Waals surface area contributed by atoms with Crippen LogP contribution in [0.15, 0.2) is 46.0 Å². The van der Waals surface area contributed by atoms with Gasteiger partial charge in [0.15, 0.2) is 11.7 Å². The number of furan rings is 1. The van der Waals surface area contributed by atoms with Crippen molar-refractivity contribution in [3.8, 4) is 0 Å². The fraction of sp³-hybridized carbons (Fsp3) is 0.400. The lowest BCUT2D eigenvalue weighted by molar-refractivity contribution is 0.0925. The van der Waals surface area contributed by atoms with Gasteiger partial charge in [-0.2, -0.15) is 0 Å². The third kappa shape index (κ3) is 7.24. The Labute approximate surface area is 178 Å². The highest BCUT2D eigenvalue weighted by Gasteiger charge is 2.11. The van der Waals surface area contributed by atoms with E-state index in [1.807, 2.05) is 6.92 Å². The molecule has 1 heterocycles. The van der Waals surface area contributed by atoms with Crippen LogP contribution >= 0.6 is 24.0 Å². The first-order valence-electron chi connectivity index (χ1n) is 8.99. The standard InChI is InChI=1S/C20H28N4O2.HI/c1-4-16-8-5-6-9-17(16)14-24-20(21-3)23-12-7-11-22-19(25)18-15(2)10-13-26-18;/h5-6,8-10,13H,4,7,11-12,14H2,1-3H3,(H,22,25)(H2,21,23,24);1H. The van der Waals surface area contributed by atoms with Crippen LogP contribution in [-0.4, -0.2) is 32.0 Å². The molecular weight excluding hydrogens is 455 g/mol. The number of hydrogen-bond acceptors (Lipinski definition) is 3. The summed E-state index contributed by atoms with van der Waals surface area (Å²) in [4.78, 5) is 16.2. The summed E-state index contributed by atoms with van der Waals surface area (Å²) in [6.07, 6.45) is 3.33. The predicted octanol–water partition coefficient (Wildman–Crippen LogP) is 3.25. The van der Waals surface area contributed by atoms with Crippen LogP contribution in [0.25, 0.3) is 0 Å². The van der Waals surface area contributed by atoms with Gasteiger partial charge < -0.3 is 20.4 Å². The third-order valence-electron chi connectivity index (χ3n) is 4.17. The second-order valence-electron chi connectivity index (χ2n) is 6.02. The molecule has 0 spiro atoms. The summed E-state index contributed by atoms with van der Waals surface area (Å²) in [5.41, 5.74) is 3.46. The third-order valence-corrected chi connectivity index (χ3v) is 4.17. The molecule has 0 unspecified atom stereocenters. The van der Waals surface area contributed by atoms with Gasteiger partial charge in [-0.1, -0.05) is 31.2 Å². The lowest BCUT2D eigenvalue weighted by Crippen LogP contribution is -2.38. The highest BCUT2D eigenvalue weighted by molar-refractivity contribution is 14.0. The first kappa shape index (κ1) is 23.0. The number of carbonyl (C=O) groups excluding carboxylic acids is 1. The molecule has 0 radical (unpaired) electrons. The molecule has 0 bridgehead atoms. The monoisotopic (exact) mass is 484 g/mol. The number of guanidine groups is 1. The van der Waals surface area contributed by atoms with E-state index in [0.717, 1.165) is 30.9 Å². The first-order chi connectivity index (χ1) is 12.7. The summed E-state index contributed by atoms with van der Waals surface area (Å²) >= 11 is 0. The van der Waals surface area contributed by atoms with E-state index in [4.69, 9.17) is 4.42 Å². The summed E-state index contributed by atoms with van der Waals surface area (Å²) in [7, 11) is 1.75. The van der Waals surface area contributed by atoms with Crippen molar-refractivity contribution in [2.24, 2.45) is 4.99 Å². The molecule has 1 aromatic heterocycles. The van der Waals surface area contributed by atoms with Gasteiger partial charge in [-0.25, -0.2) is 0 Å². The highest BCUT2D eigenvalue weighted by Crippen LogP contribution is 2.09. The molecular formula is C20H29IN4O2. The average Bonchev–Trinajstić information content (AvgIpc) is 3.10. The predicted molar refractivity (Wildman–Crippen MR) is 120 cm³/mol. The van der Waals surface area contributed by atoms with Crippen LogP contribution in [0.4, 0.5) is 0 Å². The fourth-order valence-electron chi connectivity index (χ4n) is 2.66. The van der Waals surface area contributed by atoms with Crippen LogP contribution in [0.2, 0.25) is 0 Å². The normalized spacial score (nSPS) is 10.9. The molecule has 7 heteroatoms. The molecule has 2 rings (SSSR count). The molecule has 0 fully saturated rings. The van der Waals surface area contributed by atoms with Crippen molar-refractivity contribution in [2.75, 3.05) is 20.1 Å². The lowest BCUT2D eigenvalue weighted by Gasteiger charge is -2.14. The van der Waals surface area contributed by atoms with Gasteiger partial charge >= 0.3 is 0 Å². The summed E-state index contributed by atoms with van der Waals surface area (Å²) in [6.45, 7) is 6.03. The zero-order valence-electron chi connectivity index (χ0n) is 16.2. The van der Waals surface area contributed by atoms with Crippen LogP contribution in [0.1, 0.15) is 40.6 Å². The lowest BCUT2D eigenvalue weighted by atomic mass is 10.1. The van der Waals surface area contributed by atoms with Crippen molar-refractivity contribution < 1.29 is 9.21 Å². The maximum atomic E-state index is 11.9. The Hall–Kier alpha value is -2.03. The molecule has 148 valence electrons. The Morgan fingerprint density at radius 1 is 1.07 bits per heavy atom. The van der Waals surface area contributed by atoms with Gasteiger partial charge in [0, 0.05) is 32.2 Å². The number of rotatable bonds is 8. The maximum Gasteiger partial charge on any atom is 0.287 e. The van der Waals surface area contributed by atoms with E-state index in [2.05, 4.69) is 52.1 Å². The molecule has 2 aromatic rings. The van der Waals surface area contributed by atoms with Gasteiger partial charge in [0.25, 0.3) is 5.91 Å². The number of amides is 1. The Bertz CT molecular complexity index is 743. The number of benzene rings is 1. The summed E-state index contributed by atoms with van der Waals surface area (Å²) < 4.78 is 5.17. The van der Waals surface area contributed by atoms with Gasteiger partial charge in [-0.3, -0.25) is 9.79 Å². The maximum absolute atomic E-state index is 11.9. The smallest absolute Gasteiger partial charge is 0.287 e. The molecule has 0 atom stereocenters. The van der Waals surface area contributed by atoms with Crippen molar-refractivity contribution in [1.82, 2.24) is 16.0 Å². The second-order valence-corrected chi connectivity index (χ2v) is 6.02. The first-order valence-corrected chi connectivity index (χ1v) is 8.99. The average molecular weight is 484 g/mol. The Morgan fingerprint density at radius 2 is 1.78 bits per heavy atom. The highest BCUT2D eigenvalue weighted by atomic mass is 127. The summed E-state index contributed by atoms with van der Waals surface area (Å²) in [5.74, 6) is 0.959. The molecule has 0 aliphatic heterocycles. The van der Waals surface area contributed by atoms with E-state index < -0.39 is 0 Å². The minimum absolute atomic E-state index is 0. The van der Waals surface area contributed by atoms with E-state index in [-0.39, 0.29) is 29.9 Å². The Morgan fingerprint density at radius 3 is 2.41 bits per heavy atom. The molecule has 1 aromatic carbocycles. The van der Waals surface area contributed by atoms with Crippen LogP contribution in [0.3, 0.4) is 0 Å². The van der Waals surface area contributed by atoms with E-state index in [1.54, 1.807) is 13.1 Å². The number of nitrogens with one attached hydrogen (secondary N) is 3. The van der Waals surface area contributed by atoms with Gasteiger partial charge in [-0.15, -0.1) is 24.0 Å². The molecule has 0 aliphatic rings. The van der Waals surface area contributed by atoms with Crippen LogP contribution in [0.5, 0.6) is 0 Å². The number of aliphatic imine (C=N–C) groups is 1. The van der Waals surface area contributed by atoms with Crippen LogP contribution in [0, 0.1) is 6.92 Å². The van der Waals surface area contributed by atoms with Crippen LogP contribution < -0.4 is 16.0 Å². The molecule has 6 nitrogen and oxygen atoms in total. The van der Waals surface area contributed by atoms with E-state index in [9.17, 15) is 4.79 Å². The zero-order valence-corrected chi connectivity index (χ0v) is 18.5. The Kier molecular flexibility index (Phi) is 10.5. The van der Waals surface area contributed by atoms with Crippen molar-refractivity contribution >= 4 is 35.8 Å². The number of hydrogen-bond donors (Lipinski definition) is 3. The van der Waals surface area contributed by atoms with Crippen molar-refractivity contribution in [3.63, 3.8) is 0 Å². The number of carbonyl (C=O) groups is 1. The van der Waals surface area contributed by atoms with E-state index in [1.165, 1.54) is 17.4 Å². The minimum atomic E-state index is -0.175. The number of halogens is 1. The van der Waals surface area contributed by atoms with Gasteiger partial charge in [0.2, 0.25) is 0 Å². The molecule has 3 N–H and O–H groups in total. The SMILES string of the molecule is CCc1ccccc1CNC(=NC)NCCCNC(=O)c1occc1C.I. The quantitative estimate of drug-likeness (QED) is 0.233. The molecule has 1 amide bonds. The van der Waals surface area contributed by atoms with Gasteiger partial charge in [0.1, 0.15) is 0 Å². The van der Waals surface area contributed by atoms with E-state index >= 15 is 0 Å². The topological polar surface area (TPSA) is 78.7 Å². The van der Waals surface area contributed by atoms with Crippen molar-refractivity contribution in [3.05, 3.63) is 59.0 Å². The molecule has 0 saturated heterocycles. The molecule has 0 aliphatic carbocycles. The molecule has 27 heavy (non-hydrogen) atoms. The summed E-state index contributed by atoms with van der Waals surface area (Å²) in [6, 6.07) is 10.2. The van der Waals surface area contributed by atoms with Gasteiger partial charge in [-0.05, 0) is 37.0 Å². The molecule has 0 saturated carbocycles. The minimum Gasteiger partial charge on any atom is -0.459 e. The largest absolute Gasteiger partial charge is 0.459 e. The van der Waals surface area contributed by atoms with E-state index in [0.29, 0.717) is 18.8 Å². The van der Waals surface area contributed by atoms with Crippen LogP contribution in [-0.2, 0) is 13.0 Å². The zero-order chi connectivity index (χ0) is 18.8. The van der Waals surface area contributed by atoms with Crippen molar-refractivity contribution in [1.29, 1.82) is 0 Å². The number of nitrogens with zero attached hydrogens (tertiary/aromatic N) is 1. The summed E-state index contributed by atoms with van der Waals surface area (Å²) in [5, 5.41) is 9.45. The van der Waals surface area contributed by atoms with Gasteiger partial charge in [0.05, 0.1) is 6.26 Å². The van der Waals surface area contributed by atoms with Crippen molar-refractivity contribution in [2.45, 2.75) is 33.2 Å². The number of aryl methyl sites for hydroxylation is 2. The Balaban J connectivity index is 0.00000364. The second kappa shape index (κ2) is 12.4.